The Morgan fingerprint density at radius 2 is 1.75 bits per heavy atom. The van der Waals surface area contributed by atoms with E-state index < -0.39 is 6.29 Å². The van der Waals surface area contributed by atoms with Crippen molar-refractivity contribution in [2.24, 2.45) is 35.0 Å². The minimum absolute atomic E-state index is 0.0311. The third kappa shape index (κ3) is 2.22. The van der Waals surface area contributed by atoms with Crippen molar-refractivity contribution in [1.82, 2.24) is 0 Å². The number of fused-ring (bicyclic) bond motifs is 8. The lowest BCUT2D eigenvalue weighted by molar-refractivity contribution is -0.166. The van der Waals surface area contributed by atoms with Gasteiger partial charge in [-0.05, 0) is 67.9 Å². The van der Waals surface area contributed by atoms with Crippen LogP contribution >= 0.6 is 0 Å². The average molecular weight is 432 g/mol. The summed E-state index contributed by atoms with van der Waals surface area (Å²) < 4.78 is 11.8. The fourth-order valence-corrected chi connectivity index (χ4v) is 9.30. The van der Waals surface area contributed by atoms with Crippen molar-refractivity contribution in [2.75, 3.05) is 11.5 Å². The number of hydrogen-bond donors (Lipinski definition) is 0. The molecule has 4 saturated carbocycles. The van der Waals surface area contributed by atoms with E-state index in [1.807, 2.05) is 6.07 Å². The Hall–Kier alpha value is -1.98. The number of carbonyl (C=O) groups excluding carboxylic acids is 2. The summed E-state index contributed by atoms with van der Waals surface area (Å²) in [5, 5.41) is 0. The van der Waals surface area contributed by atoms with Crippen LogP contribution in [0.5, 0.6) is 0 Å². The van der Waals surface area contributed by atoms with E-state index in [1.165, 1.54) is 19.3 Å². The summed E-state index contributed by atoms with van der Waals surface area (Å²) in [5.41, 5.74) is 2.04. The standard InChI is InChI=1S/C27H29NO4/c29-24-21-19-6-5-17-3-1-2-4-18(17)28(19)23(22(21)20-13-31-26(24)32-20)25(30)27-10-14-7-15(11-27)9-16(8-14)12-27/h1-6,14-16,19-23,26H,7-13H2/t14?,15?,16?,19-,20+,21-,22-,23+,26-,27?/m1/s1. The highest BCUT2D eigenvalue weighted by molar-refractivity contribution is 5.99. The van der Waals surface area contributed by atoms with E-state index >= 15 is 0 Å². The second-order valence-electron chi connectivity index (χ2n) is 11.7. The normalized spacial score (nSPS) is 49.2. The van der Waals surface area contributed by atoms with Crippen molar-refractivity contribution in [2.45, 2.75) is 63.0 Å². The van der Waals surface area contributed by atoms with Gasteiger partial charge < -0.3 is 14.4 Å². The van der Waals surface area contributed by atoms with Gasteiger partial charge in [0.1, 0.15) is 0 Å². The molecule has 0 N–H and O–H groups in total. The number of carbonyl (C=O) groups is 2. The summed E-state index contributed by atoms with van der Waals surface area (Å²) in [6.45, 7) is 0.425. The first-order valence-electron chi connectivity index (χ1n) is 12.5. The van der Waals surface area contributed by atoms with Crippen molar-refractivity contribution in [3.63, 3.8) is 0 Å². The lowest BCUT2D eigenvalue weighted by atomic mass is 9.47. The Labute approximate surface area is 188 Å². The minimum Gasteiger partial charge on any atom is -0.353 e. The Morgan fingerprint density at radius 1 is 1.03 bits per heavy atom. The van der Waals surface area contributed by atoms with Gasteiger partial charge in [0.25, 0.3) is 0 Å². The summed E-state index contributed by atoms with van der Waals surface area (Å²) in [5.74, 6) is 2.24. The molecule has 5 heteroatoms. The van der Waals surface area contributed by atoms with Gasteiger partial charge in [0, 0.05) is 17.0 Å². The molecule has 0 unspecified atom stereocenters. The molecule has 4 aliphatic carbocycles. The van der Waals surface area contributed by atoms with Crippen LogP contribution in [0.3, 0.4) is 0 Å². The van der Waals surface area contributed by atoms with Crippen molar-refractivity contribution >= 4 is 23.3 Å². The number of anilines is 1. The minimum atomic E-state index is -0.748. The quantitative estimate of drug-likeness (QED) is 0.716. The number of rotatable bonds is 2. The summed E-state index contributed by atoms with van der Waals surface area (Å²) in [6, 6.07) is 7.96. The predicted molar refractivity (Wildman–Crippen MR) is 118 cm³/mol. The number of Topliss-reactive ketones (excluding diaryl/α,β-unsaturated/α-hetero) is 2. The van der Waals surface area contributed by atoms with Crippen molar-refractivity contribution in [1.29, 1.82) is 0 Å². The van der Waals surface area contributed by atoms with E-state index in [4.69, 9.17) is 9.47 Å². The van der Waals surface area contributed by atoms with Crippen LogP contribution < -0.4 is 4.90 Å². The van der Waals surface area contributed by atoms with Crippen molar-refractivity contribution < 1.29 is 19.1 Å². The highest BCUT2D eigenvalue weighted by Gasteiger charge is 2.66. The van der Waals surface area contributed by atoms with E-state index in [2.05, 4.69) is 35.3 Å². The summed E-state index contributed by atoms with van der Waals surface area (Å²) in [6.07, 6.45) is 10.5. The Bertz CT molecular complexity index is 1030. The third-order valence-corrected chi connectivity index (χ3v) is 9.99. The third-order valence-electron chi connectivity index (χ3n) is 9.99. The highest BCUT2D eigenvalue weighted by atomic mass is 16.7. The Morgan fingerprint density at radius 3 is 2.50 bits per heavy atom. The number of ketones is 2. The van der Waals surface area contributed by atoms with Crippen LogP contribution in [0.25, 0.3) is 6.08 Å². The van der Waals surface area contributed by atoms with Crippen LogP contribution in [0.1, 0.15) is 44.1 Å². The van der Waals surface area contributed by atoms with E-state index in [1.54, 1.807) is 0 Å². The zero-order valence-corrected chi connectivity index (χ0v) is 18.2. The van der Waals surface area contributed by atoms with E-state index in [0.717, 1.165) is 48.3 Å². The molecule has 7 fully saturated rings. The summed E-state index contributed by atoms with van der Waals surface area (Å²) in [7, 11) is 0. The van der Waals surface area contributed by atoms with Crippen molar-refractivity contribution in [3.05, 3.63) is 35.9 Å². The SMILES string of the molecule is O=C1[C@@H]2OC[C@H](O2)[C@@H]2[C@H]1[C@H]1C=Cc3ccccc3N1[C@@H]2C(=O)C12CC3CC(CC(C3)C1)C2. The number of para-hydroxylation sites is 1. The molecular formula is C27H29NO4. The highest BCUT2D eigenvalue weighted by Crippen LogP contribution is 2.62. The molecule has 32 heavy (non-hydrogen) atoms. The molecule has 6 atom stereocenters. The van der Waals surface area contributed by atoms with Crippen LogP contribution in [-0.4, -0.2) is 42.7 Å². The van der Waals surface area contributed by atoms with Gasteiger partial charge in [-0.1, -0.05) is 30.4 Å². The van der Waals surface area contributed by atoms with Crippen LogP contribution in [0, 0.1) is 35.0 Å². The molecule has 166 valence electrons. The average Bonchev–Trinajstić information content (AvgIpc) is 3.37. The zero-order chi connectivity index (χ0) is 21.2. The largest absolute Gasteiger partial charge is 0.353 e. The predicted octanol–water partition coefficient (Wildman–Crippen LogP) is 3.61. The van der Waals surface area contributed by atoms with Gasteiger partial charge in [0.15, 0.2) is 11.6 Å². The fraction of sp³-hybridized carbons (Fsp3) is 0.630. The fourth-order valence-electron chi connectivity index (χ4n) is 9.30. The summed E-state index contributed by atoms with van der Waals surface area (Å²) >= 11 is 0. The molecule has 3 saturated heterocycles. The molecule has 9 rings (SSSR count). The molecule has 0 amide bonds. The maximum Gasteiger partial charge on any atom is 0.218 e. The smallest absolute Gasteiger partial charge is 0.218 e. The van der Waals surface area contributed by atoms with Crippen LogP contribution in [0.2, 0.25) is 0 Å². The van der Waals surface area contributed by atoms with E-state index in [0.29, 0.717) is 12.4 Å². The van der Waals surface area contributed by atoms with Gasteiger partial charge in [-0.3, -0.25) is 9.59 Å². The second-order valence-corrected chi connectivity index (χ2v) is 11.7. The molecule has 1 aromatic carbocycles. The molecule has 5 nitrogen and oxygen atoms in total. The van der Waals surface area contributed by atoms with Gasteiger partial charge in [0.2, 0.25) is 6.29 Å². The van der Waals surface area contributed by atoms with Crippen LogP contribution in [0.15, 0.2) is 30.3 Å². The van der Waals surface area contributed by atoms with Gasteiger partial charge in [-0.25, -0.2) is 0 Å². The Balaban J connectivity index is 1.28. The molecule has 1 aromatic rings. The molecule has 4 aliphatic heterocycles. The summed E-state index contributed by atoms with van der Waals surface area (Å²) in [4.78, 5) is 30.5. The molecule has 0 aromatic heterocycles. The maximum atomic E-state index is 14.7. The van der Waals surface area contributed by atoms with Gasteiger partial charge >= 0.3 is 0 Å². The number of hydrogen-bond acceptors (Lipinski definition) is 5. The number of benzene rings is 1. The van der Waals surface area contributed by atoms with Crippen LogP contribution in [-0.2, 0) is 19.1 Å². The maximum absolute atomic E-state index is 14.7. The zero-order valence-electron chi connectivity index (χ0n) is 18.2. The van der Waals surface area contributed by atoms with Crippen molar-refractivity contribution in [3.8, 4) is 0 Å². The monoisotopic (exact) mass is 431 g/mol. The number of nitrogens with zero attached hydrogens (tertiary/aromatic N) is 1. The molecule has 8 aliphatic rings. The molecule has 4 heterocycles. The lowest BCUT2D eigenvalue weighted by Crippen LogP contribution is -2.58. The topological polar surface area (TPSA) is 55.8 Å². The first-order valence-corrected chi connectivity index (χ1v) is 12.5. The first-order chi connectivity index (χ1) is 15.6. The first kappa shape index (κ1) is 18.4. The van der Waals surface area contributed by atoms with Gasteiger partial charge in [-0.2, -0.15) is 0 Å². The molecule has 6 bridgehead atoms. The number of ether oxygens (including phenoxy) is 2. The molecule has 0 radical (unpaired) electrons. The van der Waals surface area contributed by atoms with E-state index in [9.17, 15) is 9.59 Å². The van der Waals surface area contributed by atoms with Gasteiger partial charge in [0.05, 0.1) is 30.7 Å². The molecular weight excluding hydrogens is 402 g/mol. The Kier molecular flexibility index (Phi) is 3.53. The van der Waals surface area contributed by atoms with Crippen LogP contribution in [0.4, 0.5) is 5.69 Å². The molecule has 0 spiro atoms. The van der Waals surface area contributed by atoms with E-state index in [-0.39, 0.29) is 41.2 Å². The van der Waals surface area contributed by atoms with Gasteiger partial charge in [-0.15, -0.1) is 0 Å². The second kappa shape index (κ2) is 6.12. The lowest BCUT2D eigenvalue weighted by Gasteiger charge is -2.57.